The highest BCUT2D eigenvalue weighted by molar-refractivity contribution is 6.32. The van der Waals surface area contributed by atoms with E-state index in [0.717, 1.165) is 11.1 Å². The summed E-state index contributed by atoms with van der Waals surface area (Å²) >= 11 is 6.09. The van der Waals surface area contributed by atoms with Gasteiger partial charge in [-0.3, -0.25) is 4.79 Å². The fourth-order valence-electron chi connectivity index (χ4n) is 2.85. The number of ether oxygens (including phenoxy) is 1. The lowest BCUT2D eigenvalue weighted by molar-refractivity contribution is -0.123. The largest absolute Gasteiger partial charge is 0.482 e. The quantitative estimate of drug-likeness (QED) is 0.636. The Bertz CT molecular complexity index is 969. The van der Waals surface area contributed by atoms with Crippen LogP contribution in [0.5, 0.6) is 5.75 Å². The van der Waals surface area contributed by atoms with E-state index in [1.165, 1.54) is 6.07 Å². The zero-order valence-electron chi connectivity index (χ0n) is 15.1. The Balaban J connectivity index is 1.66. The van der Waals surface area contributed by atoms with E-state index in [2.05, 4.69) is 5.32 Å². The summed E-state index contributed by atoms with van der Waals surface area (Å²) in [6.45, 7) is -0.163. The number of nitriles is 1. The van der Waals surface area contributed by atoms with Crippen molar-refractivity contribution in [3.63, 3.8) is 0 Å². The number of hydrogen-bond acceptors (Lipinski definition) is 3. The molecule has 140 valence electrons. The van der Waals surface area contributed by atoms with Gasteiger partial charge in [-0.25, -0.2) is 0 Å². The van der Waals surface area contributed by atoms with E-state index >= 15 is 0 Å². The van der Waals surface area contributed by atoms with Crippen LogP contribution in [0.4, 0.5) is 0 Å². The van der Waals surface area contributed by atoms with Gasteiger partial charge in [0.1, 0.15) is 5.75 Å². The predicted molar refractivity (Wildman–Crippen MR) is 109 cm³/mol. The van der Waals surface area contributed by atoms with Crippen molar-refractivity contribution in [1.29, 1.82) is 5.26 Å². The number of benzene rings is 3. The number of halogens is 1. The first-order valence-electron chi connectivity index (χ1n) is 8.86. The molecule has 3 aromatic rings. The highest BCUT2D eigenvalue weighted by Crippen LogP contribution is 2.25. The van der Waals surface area contributed by atoms with Gasteiger partial charge < -0.3 is 10.1 Å². The highest BCUT2D eigenvalue weighted by atomic mass is 35.5. The third kappa shape index (κ3) is 5.35. The Kier molecular flexibility index (Phi) is 6.67. The maximum absolute atomic E-state index is 12.5. The maximum atomic E-state index is 12.5. The average Bonchev–Trinajstić information content (AvgIpc) is 2.73. The lowest BCUT2D eigenvalue weighted by atomic mass is 9.99. The first-order valence-corrected chi connectivity index (χ1v) is 9.24. The van der Waals surface area contributed by atoms with E-state index in [1.807, 2.05) is 66.7 Å². The van der Waals surface area contributed by atoms with E-state index in [0.29, 0.717) is 22.8 Å². The SMILES string of the molecule is N#Cc1ccc(OCC(=O)N[C@@H](Cc2ccccc2)c2ccccc2)c(Cl)c1. The van der Waals surface area contributed by atoms with Gasteiger partial charge in [-0.1, -0.05) is 72.3 Å². The molecule has 0 spiro atoms. The number of hydrogen-bond donors (Lipinski definition) is 1. The van der Waals surface area contributed by atoms with Crippen molar-refractivity contribution >= 4 is 17.5 Å². The number of nitrogens with one attached hydrogen (secondary N) is 1. The topological polar surface area (TPSA) is 62.1 Å². The lowest BCUT2D eigenvalue weighted by Gasteiger charge is -2.20. The molecule has 0 aliphatic carbocycles. The zero-order chi connectivity index (χ0) is 19.8. The fourth-order valence-corrected chi connectivity index (χ4v) is 3.09. The van der Waals surface area contributed by atoms with Gasteiger partial charge in [0, 0.05) is 0 Å². The van der Waals surface area contributed by atoms with Crippen molar-refractivity contribution in [1.82, 2.24) is 5.32 Å². The van der Waals surface area contributed by atoms with Crippen LogP contribution in [0, 0.1) is 11.3 Å². The standard InChI is InChI=1S/C23H19ClN2O2/c24-20-13-18(15-25)11-12-22(20)28-16-23(27)26-21(19-9-5-2-6-10-19)14-17-7-3-1-4-8-17/h1-13,21H,14,16H2,(H,26,27)/t21-/m0/s1. The van der Waals surface area contributed by atoms with Gasteiger partial charge in [-0.05, 0) is 35.7 Å². The molecule has 1 N–H and O–H groups in total. The minimum atomic E-state index is -0.245. The monoisotopic (exact) mass is 390 g/mol. The van der Waals surface area contributed by atoms with Crippen LogP contribution in [0.1, 0.15) is 22.7 Å². The summed E-state index contributed by atoms with van der Waals surface area (Å²) < 4.78 is 5.53. The summed E-state index contributed by atoms with van der Waals surface area (Å²) in [5.74, 6) is 0.125. The first kappa shape index (κ1) is 19.5. The van der Waals surface area contributed by atoms with Crippen molar-refractivity contribution in [2.75, 3.05) is 6.61 Å². The van der Waals surface area contributed by atoms with Crippen LogP contribution in [-0.4, -0.2) is 12.5 Å². The van der Waals surface area contributed by atoms with Crippen LogP contribution in [0.2, 0.25) is 5.02 Å². The molecular formula is C23H19ClN2O2. The molecule has 0 radical (unpaired) electrons. The van der Waals surface area contributed by atoms with E-state index in [4.69, 9.17) is 21.6 Å². The highest BCUT2D eigenvalue weighted by Gasteiger charge is 2.16. The fraction of sp³-hybridized carbons (Fsp3) is 0.130. The number of nitrogens with zero attached hydrogens (tertiary/aromatic N) is 1. The van der Waals surface area contributed by atoms with Gasteiger partial charge in [-0.15, -0.1) is 0 Å². The minimum Gasteiger partial charge on any atom is -0.482 e. The van der Waals surface area contributed by atoms with Gasteiger partial charge in [0.05, 0.1) is 22.7 Å². The molecule has 0 saturated carbocycles. The normalized spacial score (nSPS) is 11.3. The molecule has 0 fully saturated rings. The number of rotatable bonds is 7. The van der Waals surface area contributed by atoms with Crippen LogP contribution in [0.25, 0.3) is 0 Å². The Labute approximate surface area is 169 Å². The first-order chi connectivity index (χ1) is 13.7. The molecule has 28 heavy (non-hydrogen) atoms. The van der Waals surface area contributed by atoms with E-state index in [-0.39, 0.29) is 18.6 Å². The molecule has 0 aromatic heterocycles. The summed E-state index contributed by atoms with van der Waals surface area (Å²) in [5.41, 5.74) is 2.60. The third-order valence-electron chi connectivity index (χ3n) is 4.24. The van der Waals surface area contributed by atoms with Crippen molar-refractivity contribution in [2.24, 2.45) is 0 Å². The lowest BCUT2D eigenvalue weighted by Crippen LogP contribution is -2.33. The van der Waals surface area contributed by atoms with Gasteiger partial charge in [0.2, 0.25) is 0 Å². The summed E-state index contributed by atoms with van der Waals surface area (Å²) in [7, 11) is 0. The molecule has 0 saturated heterocycles. The summed E-state index contributed by atoms with van der Waals surface area (Å²) in [5, 5.41) is 12.2. The van der Waals surface area contributed by atoms with Crippen LogP contribution in [0.3, 0.4) is 0 Å². The molecule has 0 bridgehead atoms. The van der Waals surface area contributed by atoms with Crippen LogP contribution < -0.4 is 10.1 Å². The molecular weight excluding hydrogens is 372 g/mol. The van der Waals surface area contributed by atoms with Gasteiger partial charge in [0.15, 0.2) is 6.61 Å². The zero-order valence-corrected chi connectivity index (χ0v) is 15.9. The molecule has 1 atom stereocenters. The molecule has 0 unspecified atom stereocenters. The van der Waals surface area contributed by atoms with E-state index in [1.54, 1.807) is 12.1 Å². The van der Waals surface area contributed by atoms with Crippen molar-refractivity contribution < 1.29 is 9.53 Å². The summed E-state index contributed by atoms with van der Waals surface area (Å²) in [6.07, 6.45) is 0.675. The van der Waals surface area contributed by atoms with Gasteiger partial charge >= 0.3 is 0 Å². The van der Waals surface area contributed by atoms with E-state index in [9.17, 15) is 4.79 Å². The Morgan fingerprint density at radius 3 is 2.36 bits per heavy atom. The Morgan fingerprint density at radius 2 is 1.71 bits per heavy atom. The van der Waals surface area contributed by atoms with Crippen molar-refractivity contribution in [2.45, 2.75) is 12.5 Å². The molecule has 3 aromatic carbocycles. The number of amides is 1. The average molecular weight is 391 g/mol. The molecule has 0 heterocycles. The molecule has 0 aliphatic heterocycles. The summed E-state index contributed by atoms with van der Waals surface area (Å²) in [4.78, 5) is 12.5. The number of carbonyl (C=O) groups is 1. The van der Waals surface area contributed by atoms with Crippen LogP contribution in [0.15, 0.2) is 78.9 Å². The van der Waals surface area contributed by atoms with E-state index < -0.39 is 0 Å². The molecule has 3 rings (SSSR count). The van der Waals surface area contributed by atoms with Crippen LogP contribution >= 0.6 is 11.6 Å². The van der Waals surface area contributed by atoms with Crippen molar-refractivity contribution in [3.8, 4) is 11.8 Å². The smallest absolute Gasteiger partial charge is 0.258 e. The second kappa shape index (κ2) is 9.59. The third-order valence-corrected chi connectivity index (χ3v) is 4.53. The molecule has 5 heteroatoms. The van der Waals surface area contributed by atoms with Crippen molar-refractivity contribution in [3.05, 3.63) is 101 Å². The van der Waals surface area contributed by atoms with Crippen LogP contribution in [-0.2, 0) is 11.2 Å². The van der Waals surface area contributed by atoms with Gasteiger partial charge in [-0.2, -0.15) is 5.26 Å². The second-order valence-corrected chi connectivity index (χ2v) is 6.67. The molecule has 4 nitrogen and oxygen atoms in total. The summed E-state index contributed by atoms with van der Waals surface area (Å²) in [6, 6.07) is 26.4. The second-order valence-electron chi connectivity index (χ2n) is 6.27. The molecule has 1 amide bonds. The predicted octanol–water partition coefficient (Wildman–Crippen LogP) is 4.69. The number of carbonyl (C=O) groups excluding carboxylic acids is 1. The minimum absolute atomic E-state index is 0.163. The maximum Gasteiger partial charge on any atom is 0.258 e. The van der Waals surface area contributed by atoms with Gasteiger partial charge in [0.25, 0.3) is 5.91 Å². The molecule has 0 aliphatic rings. The Morgan fingerprint density at radius 1 is 1.04 bits per heavy atom. The Hall–Kier alpha value is -3.29.